The Balaban J connectivity index is 1.52. The second-order valence-electron chi connectivity index (χ2n) is 10.1. The van der Waals surface area contributed by atoms with Crippen molar-refractivity contribution in [3.63, 3.8) is 0 Å². The number of nitrogens with zero attached hydrogens (tertiary/aromatic N) is 1. The lowest BCUT2D eigenvalue weighted by Crippen LogP contribution is -2.44. The van der Waals surface area contributed by atoms with Gasteiger partial charge in [-0.25, -0.2) is 0 Å². The molecule has 1 unspecified atom stereocenters. The minimum absolute atomic E-state index is 0.00994. The largest absolute Gasteiger partial charge is 0.504 e. The lowest BCUT2D eigenvalue weighted by molar-refractivity contribution is -0.0176. The first-order chi connectivity index (χ1) is 14.9. The molecule has 2 saturated carbocycles. The molecule has 0 amide bonds. The number of hydrogen-bond acceptors (Lipinski definition) is 5. The van der Waals surface area contributed by atoms with Crippen molar-refractivity contribution in [1.29, 1.82) is 0 Å². The van der Waals surface area contributed by atoms with Gasteiger partial charge in [0.05, 0.1) is 13.2 Å². The third kappa shape index (κ3) is 2.50. The first-order valence-electron chi connectivity index (χ1n) is 11.4. The van der Waals surface area contributed by atoms with Crippen molar-refractivity contribution in [2.75, 3.05) is 7.11 Å². The van der Waals surface area contributed by atoms with Crippen molar-refractivity contribution in [3.8, 4) is 17.2 Å². The van der Waals surface area contributed by atoms with Crippen LogP contribution in [0.2, 0.25) is 0 Å². The number of benzene rings is 2. The molecule has 6 atom stereocenters. The molecule has 2 aromatic carbocycles. The zero-order chi connectivity index (χ0) is 21.5. The minimum Gasteiger partial charge on any atom is -0.504 e. The van der Waals surface area contributed by atoms with Gasteiger partial charge in [0.25, 0.3) is 0 Å². The SMILES string of the molecule is COc1cc2c3cc1C(c1cccc(O)c1O)N=C2C[C@@H]1[C@@H]3CC[C@]2(C)[C@@H](O)CC[C@@H]12. The number of phenolic OH excluding ortho intramolecular Hbond substituents is 2. The van der Waals surface area contributed by atoms with Gasteiger partial charge in [0.1, 0.15) is 11.8 Å². The number of phenols is 2. The maximum atomic E-state index is 10.7. The predicted molar refractivity (Wildman–Crippen MR) is 118 cm³/mol. The second-order valence-corrected chi connectivity index (χ2v) is 10.1. The number of ether oxygens (including phenoxy) is 1. The predicted octanol–water partition coefficient (Wildman–Crippen LogP) is 4.67. The zero-order valence-electron chi connectivity index (χ0n) is 18.0. The van der Waals surface area contributed by atoms with Crippen LogP contribution in [0.15, 0.2) is 35.3 Å². The molecular weight excluding hydrogens is 390 g/mol. The monoisotopic (exact) mass is 419 g/mol. The summed E-state index contributed by atoms with van der Waals surface area (Å²) in [6.07, 6.45) is 4.82. The number of hydrogen-bond donors (Lipinski definition) is 3. The van der Waals surface area contributed by atoms with Gasteiger partial charge >= 0.3 is 0 Å². The van der Waals surface area contributed by atoms with Crippen LogP contribution in [0, 0.1) is 17.3 Å². The summed E-state index contributed by atoms with van der Waals surface area (Å²) in [5.74, 6) is 2.00. The van der Waals surface area contributed by atoms with Gasteiger partial charge in [-0.05, 0) is 79.0 Å². The number of aliphatic hydroxyl groups is 1. The number of aliphatic hydroxyl groups excluding tert-OH is 1. The Kier molecular flexibility index (Phi) is 4.01. The fourth-order valence-electron chi connectivity index (χ4n) is 7.18. The highest BCUT2D eigenvalue weighted by Crippen LogP contribution is 2.62. The van der Waals surface area contributed by atoms with Crippen molar-refractivity contribution < 1.29 is 20.1 Å². The van der Waals surface area contributed by atoms with E-state index in [0.717, 1.165) is 49.1 Å². The van der Waals surface area contributed by atoms with Crippen molar-refractivity contribution in [2.24, 2.45) is 22.2 Å². The number of para-hydroxylation sites is 1. The highest BCUT2D eigenvalue weighted by Gasteiger charge is 2.55. The van der Waals surface area contributed by atoms with E-state index in [1.54, 1.807) is 13.2 Å². The summed E-state index contributed by atoms with van der Waals surface area (Å²) in [6.45, 7) is 2.28. The maximum Gasteiger partial charge on any atom is 0.163 e. The van der Waals surface area contributed by atoms with Gasteiger partial charge in [-0.1, -0.05) is 19.1 Å². The van der Waals surface area contributed by atoms with E-state index >= 15 is 0 Å². The molecule has 5 aliphatic rings. The Bertz CT molecular complexity index is 1110. The summed E-state index contributed by atoms with van der Waals surface area (Å²) in [5.41, 5.74) is 5.13. The van der Waals surface area contributed by atoms with Crippen LogP contribution in [0.4, 0.5) is 0 Å². The maximum absolute atomic E-state index is 10.7. The van der Waals surface area contributed by atoms with Crippen LogP contribution in [-0.2, 0) is 0 Å². The molecule has 2 aliphatic heterocycles. The van der Waals surface area contributed by atoms with Crippen molar-refractivity contribution in [1.82, 2.24) is 0 Å². The molecule has 0 spiro atoms. The Morgan fingerprint density at radius 2 is 1.90 bits per heavy atom. The second kappa shape index (κ2) is 6.49. The average molecular weight is 420 g/mol. The van der Waals surface area contributed by atoms with E-state index in [9.17, 15) is 15.3 Å². The lowest BCUT2D eigenvalue weighted by Gasteiger charge is -2.50. The van der Waals surface area contributed by atoms with E-state index in [0.29, 0.717) is 23.3 Å². The fourth-order valence-corrected chi connectivity index (χ4v) is 7.18. The fraction of sp³-hybridized carbons (Fsp3) is 0.500. The number of rotatable bonds is 2. The Labute approximate surface area is 182 Å². The van der Waals surface area contributed by atoms with Crippen molar-refractivity contribution >= 4 is 5.71 Å². The molecule has 5 nitrogen and oxygen atoms in total. The zero-order valence-corrected chi connectivity index (χ0v) is 18.0. The quantitative estimate of drug-likeness (QED) is 0.618. The molecule has 31 heavy (non-hydrogen) atoms. The molecule has 2 heterocycles. The molecule has 2 aromatic rings. The standard InChI is InChI=1S/C26H29NO4/c1-26-9-8-13-15-10-18-22(31-2)12-17(15)20(11-16(13)19(26)6-7-23(26)29)27-24(18)14-4-3-5-21(28)25(14)30/h3-5,10,12-13,16,19,23-24,28-30H,6-9,11H2,1-2H3/t13-,16-,19+,23+,24?,26+/m1/s1. The first-order valence-corrected chi connectivity index (χ1v) is 11.4. The molecule has 2 fully saturated rings. The molecule has 5 heteroatoms. The van der Waals surface area contributed by atoms with E-state index in [4.69, 9.17) is 9.73 Å². The molecule has 3 aliphatic carbocycles. The van der Waals surface area contributed by atoms with Crippen LogP contribution in [0.25, 0.3) is 0 Å². The van der Waals surface area contributed by atoms with Crippen LogP contribution in [0.5, 0.6) is 17.2 Å². The van der Waals surface area contributed by atoms with Gasteiger partial charge in [-0.2, -0.15) is 0 Å². The van der Waals surface area contributed by atoms with Crippen LogP contribution in [-0.4, -0.2) is 34.2 Å². The summed E-state index contributed by atoms with van der Waals surface area (Å²) in [5, 5.41) is 31.4. The normalized spacial score (nSPS) is 35.2. The Morgan fingerprint density at radius 1 is 1.06 bits per heavy atom. The smallest absolute Gasteiger partial charge is 0.163 e. The van der Waals surface area contributed by atoms with Crippen LogP contribution in [0.1, 0.15) is 73.2 Å². The summed E-state index contributed by atoms with van der Waals surface area (Å²) < 4.78 is 5.74. The van der Waals surface area contributed by atoms with E-state index in [1.165, 1.54) is 17.2 Å². The Morgan fingerprint density at radius 3 is 2.71 bits per heavy atom. The molecule has 0 saturated heterocycles. The third-order valence-corrected chi connectivity index (χ3v) is 8.85. The lowest BCUT2D eigenvalue weighted by atomic mass is 9.55. The third-order valence-electron chi connectivity index (χ3n) is 8.85. The summed E-state index contributed by atoms with van der Waals surface area (Å²) in [7, 11) is 1.67. The molecule has 3 N–H and O–H groups in total. The minimum atomic E-state index is -0.413. The first kappa shape index (κ1) is 19.2. The van der Waals surface area contributed by atoms with Gasteiger partial charge in [0.2, 0.25) is 0 Å². The van der Waals surface area contributed by atoms with Crippen LogP contribution in [0.3, 0.4) is 0 Å². The molecule has 4 bridgehead atoms. The molecule has 0 radical (unpaired) electrons. The molecule has 0 aromatic heterocycles. The van der Waals surface area contributed by atoms with Gasteiger partial charge in [0, 0.05) is 22.4 Å². The summed E-state index contributed by atoms with van der Waals surface area (Å²) in [4.78, 5) is 5.16. The van der Waals surface area contributed by atoms with Gasteiger partial charge < -0.3 is 20.1 Å². The number of fused-ring (bicyclic) bond motifs is 5. The highest BCUT2D eigenvalue weighted by atomic mass is 16.5. The van der Waals surface area contributed by atoms with Gasteiger partial charge in [0.15, 0.2) is 11.5 Å². The van der Waals surface area contributed by atoms with Crippen LogP contribution >= 0.6 is 0 Å². The molecule has 7 rings (SSSR count). The van der Waals surface area contributed by atoms with Gasteiger partial charge in [-0.3, -0.25) is 4.99 Å². The van der Waals surface area contributed by atoms with Crippen molar-refractivity contribution in [3.05, 3.63) is 52.6 Å². The highest BCUT2D eigenvalue weighted by molar-refractivity contribution is 6.05. The topological polar surface area (TPSA) is 82.3 Å². The average Bonchev–Trinajstić information content (AvgIpc) is 2.92. The van der Waals surface area contributed by atoms with E-state index in [-0.39, 0.29) is 23.0 Å². The summed E-state index contributed by atoms with van der Waals surface area (Å²) >= 11 is 0. The summed E-state index contributed by atoms with van der Waals surface area (Å²) in [6, 6.07) is 9.01. The van der Waals surface area contributed by atoms with E-state index in [1.807, 2.05) is 6.07 Å². The number of methoxy groups -OCH3 is 1. The van der Waals surface area contributed by atoms with E-state index in [2.05, 4.69) is 19.1 Å². The molecular formula is C26H29NO4. The number of aliphatic imine (C=N–C) groups is 1. The van der Waals surface area contributed by atoms with Crippen LogP contribution < -0.4 is 4.74 Å². The van der Waals surface area contributed by atoms with Gasteiger partial charge in [-0.15, -0.1) is 0 Å². The van der Waals surface area contributed by atoms with Crippen molar-refractivity contribution in [2.45, 2.75) is 57.1 Å². The Hall–Kier alpha value is -2.53. The van der Waals surface area contributed by atoms with E-state index < -0.39 is 6.04 Å². The molecule has 162 valence electrons. The number of aromatic hydroxyl groups is 2.